The standard InChI is InChI=1S/C27H27N3O4S/c1-34-27(33)24-23(13-19-35-24)28-25(31)21-11-5-6-12-22(21)26(32)30-17-15-29(16-18-30)14-7-10-20-8-3-2-4-9-20/h2-13,19H,14-18H2,1H3,(H,28,31)/b10-7+. The third kappa shape index (κ3) is 6.03. The molecule has 1 aromatic heterocycles. The van der Waals surface area contributed by atoms with Gasteiger partial charge in [-0.1, -0.05) is 54.6 Å². The van der Waals surface area contributed by atoms with E-state index in [2.05, 4.69) is 34.5 Å². The number of hydrogen-bond donors (Lipinski definition) is 1. The molecule has 2 heterocycles. The van der Waals surface area contributed by atoms with Crippen molar-refractivity contribution in [1.29, 1.82) is 0 Å². The van der Waals surface area contributed by atoms with Crippen LogP contribution in [0.5, 0.6) is 0 Å². The van der Waals surface area contributed by atoms with Crippen molar-refractivity contribution in [1.82, 2.24) is 9.80 Å². The van der Waals surface area contributed by atoms with Crippen LogP contribution in [0.2, 0.25) is 0 Å². The molecule has 0 bridgehead atoms. The largest absolute Gasteiger partial charge is 0.465 e. The van der Waals surface area contributed by atoms with E-state index in [9.17, 15) is 14.4 Å². The maximum Gasteiger partial charge on any atom is 0.350 e. The fourth-order valence-corrected chi connectivity index (χ4v) is 4.69. The molecule has 0 aliphatic carbocycles. The van der Waals surface area contributed by atoms with Crippen molar-refractivity contribution < 1.29 is 19.1 Å². The predicted molar refractivity (Wildman–Crippen MR) is 138 cm³/mol. The van der Waals surface area contributed by atoms with Gasteiger partial charge in [0.15, 0.2) is 0 Å². The van der Waals surface area contributed by atoms with E-state index in [1.165, 1.54) is 18.4 Å². The SMILES string of the molecule is COC(=O)c1sccc1NC(=O)c1ccccc1C(=O)N1CCN(C/C=C/c2ccccc2)CC1. The lowest BCUT2D eigenvalue weighted by atomic mass is 10.0. The molecule has 8 heteroatoms. The molecule has 4 rings (SSSR count). The Morgan fingerprint density at radius 3 is 2.34 bits per heavy atom. The van der Waals surface area contributed by atoms with Crippen LogP contribution in [0, 0.1) is 0 Å². The number of nitrogens with zero attached hydrogens (tertiary/aromatic N) is 2. The van der Waals surface area contributed by atoms with E-state index in [0.717, 1.165) is 25.2 Å². The lowest BCUT2D eigenvalue weighted by molar-refractivity contribution is 0.0606. The van der Waals surface area contributed by atoms with E-state index in [-0.39, 0.29) is 11.5 Å². The van der Waals surface area contributed by atoms with Gasteiger partial charge in [0.05, 0.1) is 23.9 Å². The zero-order chi connectivity index (χ0) is 24.6. The second-order valence-electron chi connectivity index (χ2n) is 8.06. The normalized spacial score (nSPS) is 14.1. The molecule has 1 saturated heterocycles. The molecule has 1 fully saturated rings. The molecular formula is C27H27N3O4S. The van der Waals surface area contributed by atoms with E-state index < -0.39 is 11.9 Å². The van der Waals surface area contributed by atoms with E-state index in [4.69, 9.17) is 4.74 Å². The first kappa shape index (κ1) is 24.4. The molecule has 1 aliphatic heterocycles. The number of benzene rings is 2. The van der Waals surface area contributed by atoms with Crippen molar-refractivity contribution in [2.24, 2.45) is 0 Å². The molecule has 2 amide bonds. The molecule has 3 aromatic rings. The first-order valence-corrected chi connectivity index (χ1v) is 12.2. The van der Waals surface area contributed by atoms with Gasteiger partial charge < -0.3 is 15.0 Å². The highest BCUT2D eigenvalue weighted by Gasteiger charge is 2.26. The fraction of sp³-hybridized carbons (Fsp3) is 0.222. The van der Waals surface area contributed by atoms with Crippen LogP contribution in [0.3, 0.4) is 0 Å². The summed E-state index contributed by atoms with van der Waals surface area (Å²) in [4.78, 5) is 42.6. The number of nitrogens with one attached hydrogen (secondary N) is 1. The third-order valence-corrected chi connectivity index (χ3v) is 6.71. The minimum atomic E-state index is -0.517. The van der Waals surface area contributed by atoms with Gasteiger partial charge in [0.1, 0.15) is 4.88 Å². The van der Waals surface area contributed by atoms with E-state index in [1.807, 2.05) is 18.2 Å². The van der Waals surface area contributed by atoms with Crippen LogP contribution >= 0.6 is 11.3 Å². The van der Waals surface area contributed by atoms with Crippen molar-refractivity contribution in [2.75, 3.05) is 45.2 Å². The number of esters is 1. The molecule has 7 nitrogen and oxygen atoms in total. The number of anilines is 1. The minimum Gasteiger partial charge on any atom is -0.465 e. The van der Waals surface area contributed by atoms with Gasteiger partial charge in [-0.25, -0.2) is 4.79 Å². The number of thiophene rings is 1. The zero-order valence-corrected chi connectivity index (χ0v) is 20.3. The quantitative estimate of drug-likeness (QED) is 0.502. The van der Waals surface area contributed by atoms with Crippen molar-refractivity contribution in [3.8, 4) is 0 Å². The molecule has 35 heavy (non-hydrogen) atoms. The van der Waals surface area contributed by atoms with Gasteiger partial charge in [0.25, 0.3) is 11.8 Å². The second-order valence-corrected chi connectivity index (χ2v) is 8.98. The number of piperazine rings is 1. The van der Waals surface area contributed by atoms with Crippen LogP contribution in [0.1, 0.15) is 36.0 Å². The van der Waals surface area contributed by atoms with Gasteiger partial charge in [-0.15, -0.1) is 11.3 Å². The molecule has 0 spiro atoms. The Labute approximate surface area is 208 Å². The van der Waals surface area contributed by atoms with Crippen molar-refractivity contribution in [2.45, 2.75) is 0 Å². The molecule has 0 radical (unpaired) electrons. The summed E-state index contributed by atoms with van der Waals surface area (Å²) in [6.07, 6.45) is 4.24. The van der Waals surface area contributed by atoms with Crippen molar-refractivity contribution in [3.05, 3.63) is 93.7 Å². The molecule has 2 aromatic carbocycles. The minimum absolute atomic E-state index is 0.172. The summed E-state index contributed by atoms with van der Waals surface area (Å²) in [6.45, 7) is 3.52. The topological polar surface area (TPSA) is 78.9 Å². The Morgan fingerprint density at radius 1 is 0.943 bits per heavy atom. The molecule has 1 aliphatic rings. The maximum absolute atomic E-state index is 13.3. The molecule has 0 unspecified atom stereocenters. The number of methoxy groups -OCH3 is 1. The first-order valence-electron chi connectivity index (χ1n) is 11.4. The van der Waals surface area contributed by atoms with Gasteiger partial charge in [-0.05, 0) is 29.1 Å². The molecular weight excluding hydrogens is 462 g/mol. The fourth-order valence-electron chi connectivity index (χ4n) is 3.92. The number of rotatable bonds is 7. The summed E-state index contributed by atoms with van der Waals surface area (Å²) in [7, 11) is 1.29. The van der Waals surface area contributed by atoms with E-state index in [0.29, 0.717) is 29.2 Å². The number of carbonyl (C=O) groups excluding carboxylic acids is 3. The number of amides is 2. The van der Waals surface area contributed by atoms with Crippen LogP contribution in [-0.4, -0.2) is 67.4 Å². The molecule has 0 saturated carbocycles. The smallest absolute Gasteiger partial charge is 0.350 e. The predicted octanol–water partition coefficient (Wildman–Crippen LogP) is 4.26. The van der Waals surface area contributed by atoms with Crippen molar-refractivity contribution in [3.63, 3.8) is 0 Å². The number of hydrogen-bond acceptors (Lipinski definition) is 6. The Kier molecular flexibility index (Phi) is 8.07. The molecule has 0 atom stereocenters. The monoisotopic (exact) mass is 489 g/mol. The van der Waals surface area contributed by atoms with Crippen LogP contribution in [0.4, 0.5) is 5.69 Å². The summed E-state index contributed by atoms with van der Waals surface area (Å²) < 4.78 is 4.77. The number of carbonyl (C=O) groups is 3. The first-order chi connectivity index (χ1) is 17.1. The Balaban J connectivity index is 1.38. The van der Waals surface area contributed by atoms with Gasteiger partial charge in [-0.2, -0.15) is 0 Å². The van der Waals surface area contributed by atoms with Crippen molar-refractivity contribution >= 4 is 40.9 Å². The summed E-state index contributed by atoms with van der Waals surface area (Å²) >= 11 is 1.18. The summed E-state index contributed by atoms with van der Waals surface area (Å²) in [5.41, 5.74) is 2.15. The highest BCUT2D eigenvalue weighted by molar-refractivity contribution is 7.12. The highest BCUT2D eigenvalue weighted by Crippen LogP contribution is 2.24. The van der Waals surface area contributed by atoms with E-state index in [1.54, 1.807) is 40.6 Å². The van der Waals surface area contributed by atoms with Crippen LogP contribution in [0.25, 0.3) is 6.08 Å². The highest BCUT2D eigenvalue weighted by atomic mass is 32.1. The Hall–Kier alpha value is -3.75. The van der Waals surface area contributed by atoms with Crippen LogP contribution in [0.15, 0.2) is 72.1 Å². The van der Waals surface area contributed by atoms with E-state index >= 15 is 0 Å². The summed E-state index contributed by atoms with van der Waals surface area (Å²) in [6, 6.07) is 18.6. The lowest BCUT2D eigenvalue weighted by Gasteiger charge is -2.34. The lowest BCUT2D eigenvalue weighted by Crippen LogP contribution is -2.48. The maximum atomic E-state index is 13.3. The Morgan fingerprint density at radius 2 is 1.63 bits per heavy atom. The van der Waals surface area contributed by atoms with Gasteiger partial charge in [0.2, 0.25) is 0 Å². The van der Waals surface area contributed by atoms with Crippen LogP contribution < -0.4 is 5.32 Å². The van der Waals surface area contributed by atoms with Gasteiger partial charge >= 0.3 is 5.97 Å². The molecule has 180 valence electrons. The summed E-state index contributed by atoms with van der Waals surface area (Å²) in [5, 5.41) is 4.45. The third-order valence-electron chi connectivity index (χ3n) is 5.82. The Bertz CT molecular complexity index is 1210. The van der Waals surface area contributed by atoms with Crippen LogP contribution in [-0.2, 0) is 4.74 Å². The number of ether oxygens (including phenoxy) is 1. The van der Waals surface area contributed by atoms with Gasteiger partial charge in [-0.3, -0.25) is 14.5 Å². The van der Waals surface area contributed by atoms with Gasteiger partial charge in [0, 0.05) is 32.7 Å². The second kappa shape index (κ2) is 11.6. The average molecular weight is 490 g/mol. The zero-order valence-electron chi connectivity index (χ0n) is 19.5. The average Bonchev–Trinajstić information content (AvgIpc) is 3.37. The summed E-state index contributed by atoms with van der Waals surface area (Å²) in [5.74, 6) is -1.13. The molecule has 1 N–H and O–H groups in total.